The van der Waals surface area contributed by atoms with E-state index in [1.807, 2.05) is 24.3 Å². The largest absolute Gasteiger partial charge is 0.497 e. The average Bonchev–Trinajstić information content (AvgIpc) is 2.91. The summed E-state index contributed by atoms with van der Waals surface area (Å²) in [6.07, 6.45) is 1.56. The number of nitrogens with one attached hydrogen (secondary N) is 1. The molecule has 0 aliphatic rings. The maximum Gasteiger partial charge on any atom is 0.330 e. The molecule has 1 N–H and O–H groups in total. The van der Waals surface area contributed by atoms with Crippen molar-refractivity contribution in [2.75, 3.05) is 7.11 Å². The first-order chi connectivity index (χ1) is 10.6. The van der Waals surface area contributed by atoms with Crippen LogP contribution in [0.1, 0.15) is 12.5 Å². The number of fused-ring (bicyclic) bond motifs is 1. The average molecular weight is 339 g/mol. The predicted molar refractivity (Wildman–Crippen MR) is 88.1 cm³/mol. The van der Waals surface area contributed by atoms with E-state index in [4.69, 9.17) is 4.74 Å². The molecule has 0 saturated heterocycles. The Bertz CT molecular complexity index is 925. The van der Waals surface area contributed by atoms with Gasteiger partial charge in [0, 0.05) is 64.5 Å². The van der Waals surface area contributed by atoms with E-state index >= 15 is 0 Å². The fourth-order valence-electron chi connectivity index (χ4n) is 2.42. The molecule has 0 fully saturated rings. The molecule has 2 heterocycles. The minimum Gasteiger partial charge on any atom is -0.497 e. The zero-order valence-electron chi connectivity index (χ0n) is 13.4. The summed E-state index contributed by atoms with van der Waals surface area (Å²) < 4.78 is 8.02. The summed E-state index contributed by atoms with van der Waals surface area (Å²) in [5, 5.41) is 0. The van der Waals surface area contributed by atoms with Crippen LogP contribution in [0.4, 0.5) is 0 Å². The second-order valence-electron chi connectivity index (χ2n) is 4.90. The van der Waals surface area contributed by atoms with Crippen molar-refractivity contribution in [1.29, 1.82) is 0 Å². The molecule has 0 amide bonds. The Morgan fingerprint density at radius 2 is 1.91 bits per heavy atom. The van der Waals surface area contributed by atoms with Gasteiger partial charge in [0.05, 0.1) is 13.4 Å². The van der Waals surface area contributed by atoms with Gasteiger partial charge in [-0.25, -0.2) is 9.78 Å². The summed E-state index contributed by atoms with van der Waals surface area (Å²) in [7, 11) is 1.61. The Balaban J connectivity index is 0.00000192. The van der Waals surface area contributed by atoms with Gasteiger partial charge in [0.25, 0.3) is 5.56 Å². The van der Waals surface area contributed by atoms with Gasteiger partial charge in [-0.15, -0.1) is 0 Å². The van der Waals surface area contributed by atoms with Gasteiger partial charge in [0.1, 0.15) is 5.75 Å². The van der Waals surface area contributed by atoms with Crippen molar-refractivity contribution in [3.63, 3.8) is 0 Å². The van der Waals surface area contributed by atoms with E-state index in [1.165, 1.54) is 0 Å². The quantitative estimate of drug-likeness (QED) is 0.705. The molecule has 0 unspecified atom stereocenters. The Morgan fingerprint density at radius 1 is 1.22 bits per heavy atom. The third-order valence-corrected chi connectivity index (χ3v) is 3.58. The minimum absolute atomic E-state index is 0. The number of aromatic amines is 1. The second-order valence-corrected chi connectivity index (χ2v) is 4.90. The molecule has 0 spiro atoms. The van der Waals surface area contributed by atoms with Crippen LogP contribution in [0.3, 0.4) is 0 Å². The molecule has 23 heavy (non-hydrogen) atoms. The van der Waals surface area contributed by atoms with Crippen molar-refractivity contribution in [2.45, 2.75) is 20.0 Å². The predicted octanol–water partition coefficient (Wildman–Crippen LogP) is 0.582. The summed E-state index contributed by atoms with van der Waals surface area (Å²) >= 11 is 0. The van der Waals surface area contributed by atoms with Crippen molar-refractivity contribution >= 4 is 62.5 Å². The zero-order valence-corrected chi connectivity index (χ0v) is 16.5. The molecule has 3 rings (SSSR count). The molecule has 0 aliphatic heterocycles. The molecule has 0 saturated carbocycles. The normalized spacial score (nSPS) is 10.5. The molecule has 1 aromatic carbocycles. The Hall–Kier alpha value is -1.19. The molecule has 1 radical (unpaired) electrons. The second kappa shape index (κ2) is 7.58. The number of hydrogen-bond acceptors (Lipinski definition) is 4. The van der Waals surface area contributed by atoms with E-state index in [-0.39, 0.29) is 56.9 Å². The zero-order chi connectivity index (χ0) is 15.7. The van der Waals surface area contributed by atoms with Crippen LogP contribution in [-0.2, 0) is 13.1 Å². The SMILES string of the molecule is CCn1c(=O)[nH]c2ncn(Cc3ccc(OC)cc3)c2c1=O.[K]. The van der Waals surface area contributed by atoms with Gasteiger partial charge in [-0.05, 0) is 24.6 Å². The van der Waals surface area contributed by atoms with E-state index in [2.05, 4.69) is 9.97 Å². The van der Waals surface area contributed by atoms with Crippen molar-refractivity contribution in [2.24, 2.45) is 0 Å². The Kier molecular flexibility index (Phi) is 5.98. The molecular formula is C15H16KN4O3. The van der Waals surface area contributed by atoms with E-state index in [9.17, 15) is 9.59 Å². The molecule has 7 nitrogen and oxygen atoms in total. The topological polar surface area (TPSA) is 81.9 Å². The van der Waals surface area contributed by atoms with Gasteiger partial charge < -0.3 is 9.30 Å². The van der Waals surface area contributed by atoms with E-state index < -0.39 is 5.69 Å². The summed E-state index contributed by atoms with van der Waals surface area (Å²) in [4.78, 5) is 30.9. The number of rotatable bonds is 4. The number of aromatic nitrogens is 4. The van der Waals surface area contributed by atoms with Crippen LogP contribution < -0.4 is 16.0 Å². The molecule has 115 valence electrons. The van der Waals surface area contributed by atoms with Gasteiger partial charge in [-0.3, -0.25) is 14.3 Å². The van der Waals surface area contributed by atoms with Gasteiger partial charge >= 0.3 is 5.69 Å². The Morgan fingerprint density at radius 3 is 2.52 bits per heavy atom. The molecular weight excluding hydrogens is 323 g/mol. The van der Waals surface area contributed by atoms with Crippen LogP contribution in [0, 0.1) is 0 Å². The summed E-state index contributed by atoms with van der Waals surface area (Å²) in [5.74, 6) is 0.775. The number of imidazole rings is 1. The molecule has 8 heteroatoms. The van der Waals surface area contributed by atoms with Crippen molar-refractivity contribution in [3.05, 3.63) is 57.0 Å². The standard InChI is InChI=1S/C15H16N4O3.K/c1-3-19-14(20)12-13(17-15(19)21)16-9-18(12)8-10-4-6-11(22-2)7-5-10;/h4-7,9H,3,8H2,1-2H3,(H,17,21);. The summed E-state index contributed by atoms with van der Waals surface area (Å²) in [5.41, 5.74) is 0.959. The smallest absolute Gasteiger partial charge is 0.330 e. The van der Waals surface area contributed by atoms with Crippen molar-refractivity contribution < 1.29 is 4.74 Å². The molecule has 0 atom stereocenters. The van der Waals surface area contributed by atoms with Crippen LogP contribution >= 0.6 is 0 Å². The van der Waals surface area contributed by atoms with Crippen LogP contribution in [0.5, 0.6) is 5.75 Å². The summed E-state index contributed by atoms with van der Waals surface area (Å²) in [6.45, 7) is 2.57. The van der Waals surface area contributed by atoms with Crippen molar-refractivity contribution in [3.8, 4) is 5.75 Å². The molecule has 0 aliphatic carbocycles. The van der Waals surface area contributed by atoms with Crippen LogP contribution in [0.15, 0.2) is 40.2 Å². The number of H-pyrrole nitrogens is 1. The van der Waals surface area contributed by atoms with E-state index in [0.717, 1.165) is 15.9 Å². The number of nitrogens with zero attached hydrogens (tertiary/aromatic N) is 3. The number of methoxy groups -OCH3 is 1. The van der Waals surface area contributed by atoms with Gasteiger partial charge in [0.2, 0.25) is 0 Å². The van der Waals surface area contributed by atoms with Crippen LogP contribution in [0.25, 0.3) is 11.2 Å². The van der Waals surface area contributed by atoms with Crippen molar-refractivity contribution in [1.82, 2.24) is 19.1 Å². The molecule has 0 bridgehead atoms. The maximum absolute atomic E-state index is 12.4. The number of benzene rings is 1. The minimum atomic E-state index is -0.435. The number of hydrogen-bond donors (Lipinski definition) is 1. The van der Waals surface area contributed by atoms with Crippen LogP contribution in [-0.4, -0.2) is 77.6 Å². The van der Waals surface area contributed by atoms with Gasteiger partial charge in [-0.1, -0.05) is 12.1 Å². The fraction of sp³-hybridized carbons (Fsp3) is 0.267. The van der Waals surface area contributed by atoms with Crippen LogP contribution in [0.2, 0.25) is 0 Å². The Labute approximate surface area is 174 Å². The first-order valence-corrected chi connectivity index (χ1v) is 6.95. The third-order valence-electron chi connectivity index (χ3n) is 3.58. The maximum atomic E-state index is 12.4. The monoisotopic (exact) mass is 339 g/mol. The summed E-state index contributed by atoms with van der Waals surface area (Å²) in [6, 6.07) is 7.57. The first kappa shape index (κ1) is 18.1. The molecule has 2 aromatic heterocycles. The van der Waals surface area contributed by atoms with Gasteiger partial charge in [-0.2, -0.15) is 0 Å². The molecule has 3 aromatic rings. The fourth-order valence-corrected chi connectivity index (χ4v) is 2.42. The third kappa shape index (κ3) is 3.51. The first-order valence-electron chi connectivity index (χ1n) is 6.95. The number of ether oxygens (including phenoxy) is 1. The van der Waals surface area contributed by atoms with E-state index in [0.29, 0.717) is 24.3 Å². The van der Waals surface area contributed by atoms with Gasteiger partial charge in [0.15, 0.2) is 11.2 Å². The van der Waals surface area contributed by atoms with E-state index in [1.54, 1.807) is 24.9 Å².